The molecule has 1 saturated carbocycles. The Hall–Kier alpha value is -1.20. The topological polar surface area (TPSA) is 44.1 Å². The van der Waals surface area contributed by atoms with Crippen molar-refractivity contribution >= 4 is 26.7 Å². The molecule has 2 heterocycles. The van der Waals surface area contributed by atoms with Gasteiger partial charge in [-0.1, -0.05) is 0 Å². The number of hydrogen-bond acceptors (Lipinski definition) is 3. The van der Waals surface area contributed by atoms with Crippen molar-refractivity contribution in [1.82, 2.24) is 9.55 Å². The van der Waals surface area contributed by atoms with Crippen LogP contribution in [-0.2, 0) is 11.3 Å². The molecule has 4 nitrogen and oxygen atoms in total. The van der Waals surface area contributed by atoms with Crippen molar-refractivity contribution < 1.29 is 4.74 Å². The molecule has 0 radical (unpaired) electrons. The summed E-state index contributed by atoms with van der Waals surface area (Å²) in [5, 5.41) is 1.58. The fourth-order valence-electron chi connectivity index (χ4n) is 3.01. The van der Waals surface area contributed by atoms with Gasteiger partial charge in [-0.25, -0.2) is 0 Å². The van der Waals surface area contributed by atoms with Gasteiger partial charge in [0.15, 0.2) is 0 Å². The second-order valence-electron chi connectivity index (χ2n) is 7.05. The predicted molar refractivity (Wildman–Crippen MR) is 91.1 cm³/mol. The van der Waals surface area contributed by atoms with E-state index in [1.54, 1.807) is 17.0 Å². The van der Waals surface area contributed by atoms with Crippen molar-refractivity contribution in [3.8, 4) is 0 Å². The molecule has 0 atom stereocenters. The van der Waals surface area contributed by atoms with Crippen LogP contribution < -0.4 is 5.56 Å². The van der Waals surface area contributed by atoms with Gasteiger partial charge < -0.3 is 9.30 Å². The van der Waals surface area contributed by atoms with Crippen LogP contribution in [0.5, 0.6) is 0 Å². The lowest BCUT2D eigenvalue weighted by Crippen LogP contribution is -2.40. The van der Waals surface area contributed by atoms with Gasteiger partial charge in [0, 0.05) is 35.0 Å². The summed E-state index contributed by atoms with van der Waals surface area (Å²) in [7, 11) is 0. The standard InChI is InChI=1S/C17H21BrN2O2/c1-17(2,3)22-12-6-11(7-12)10-20-5-4-13-14(16(20)21)8-19-9-15(13)18/h4-5,8-9,11-12H,6-7,10H2,1-3H3. The summed E-state index contributed by atoms with van der Waals surface area (Å²) in [6.07, 6.45) is 7.62. The van der Waals surface area contributed by atoms with Crippen LogP contribution in [0, 0.1) is 5.92 Å². The molecule has 5 heteroatoms. The first-order valence-corrected chi connectivity index (χ1v) is 8.43. The number of pyridine rings is 2. The first-order valence-electron chi connectivity index (χ1n) is 7.64. The summed E-state index contributed by atoms with van der Waals surface area (Å²) in [6, 6.07) is 1.98. The average molecular weight is 365 g/mol. The Labute approximate surface area is 138 Å². The molecular formula is C17H21BrN2O2. The molecule has 0 aliphatic heterocycles. The zero-order valence-electron chi connectivity index (χ0n) is 13.2. The maximum atomic E-state index is 12.5. The lowest BCUT2D eigenvalue weighted by atomic mass is 9.81. The molecule has 0 spiro atoms. The van der Waals surface area contributed by atoms with Gasteiger partial charge in [0.1, 0.15) is 0 Å². The van der Waals surface area contributed by atoms with Crippen LogP contribution in [0.4, 0.5) is 0 Å². The van der Waals surface area contributed by atoms with Crippen LogP contribution in [0.25, 0.3) is 10.8 Å². The number of ether oxygens (including phenoxy) is 1. The maximum Gasteiger partial charge on any atom is 0.260 e. The predicted octanol–water partition coefficient (Wildman–Crippen LogP) is 3.75. The quantitative estimate of drug-likeness (QED) is 0.832. The second-order valence-corrected chi connectivity index (χ2v) is 7.90. The van der Waals surface area contributed by atoms with Gasteiger partial charge in [-0.3, -0.25) is 9.78 Å². The van der Waals surface area contributed by atoms with E-state index in [1.807, 2.05) is 12.3 Å². The largest absolute Gasteiger partial charge is 0.373 e. The van der Waals surface area contributed by atoms with E-state index in [0.29, 0.717) is 17.4 Å². The van der Waals surface area contributed by atoms with Crippen molar-refractivity contribution in [2.24, 2.45) is 5.92 Å². The molecule has 0 saturated heterocycles. The molecule has 1 aliphatic carbocycles. The van der Waals surface area contributed by atoms with Gasteiger partial charge in [-0.05, 0) is 61.5 Å². The maximum absolute atomic E-state index is 12.5. The Morgan fingerprint density at radius 2 is 2.05 bits per heavy atom. The third-order valence-corrected chi connectivity index (χ3v) is 4.65. The number of halogens is 1. The van der Waals surface area contributed by atoms with Crippen molar-refractivity contribution in [2.45, 2.75) is 51.9 Å². The normalized spacial score (nSPS) is 21.8. The van der Waals surface area contributed by atoms with E-state index in [9.17, 15) is 4.79 Å². The highest BCUT2D eigenvalue weighted by molar-refractivity contribution is 9.10. The van der Waals surface area contributed by atoms with E-state index < -0.39 is 0 Å². The van der Waals surface area contributed by atoms with Crippen LogP contribution in [-0.4, -0.2) is 21.3 Å². The van der Waals surface area contributed by atoms with Crippen molar-refractivity contribution in [1.29, 1.82) is 0 Å². The molecule has 0 unspecified atom stereocenters. The van der Waals surface area contributed by atoms with E-state index in [4.69, 9.17) is 4.74 Å². The Balaban J connectivity index is 1.71. The monoisotopic (exact) mass is 364 g/mol. The Bertz CT molecular complexity index is 742. The van der Waals surface area contributed by atoms with Crippen molar-refractivity contribution in [3.05, 3.63) is 39.5 Å². The molecule has 2 aromatic heterocycles. The van der Waals surface area contributed by atoms with Gasteiger partial charge >= 0.3 is 0 Å². The lowest BCUT2D eigenvalue weighted by molar-refractivity contribution is -0.114. The summed E-state index contributed by atoms with van der Waals surface area (Å²) >= 11 is 3.44. The first kappa shape index (κ1) is 15.7. The summed E-state index contributed by atoms with van der Waals surface area (Å²) in [4.78, 5) is 16.6. The SMILES string of the molecule is CC(C)(C)OC1CC(Cn2ccc3c(Br)cncc3c2=O)C1. The number of nitrogens with zero attached hydrogens (tertiary/aromatic N) is 2. The number of aromatic nitrogens is 2. The second kappa shape index (κ2) is 5.78. The highest BCUT2D eigenvalue weighted by atomic mass is 79.9. The van der Waals surface area contributed by atoms with Gasteiger partial charge in [-0.2, -0.15) is 0 Å². The zero-order valence-corrected chi connectivity index (χ0v) is 14.8. The van der Waals surface area contributed by atoms with E-state index in [1.165, 1.54) is 0 Å². The minimum atomic E-state index is -0.0899. The number of rotatable bonds is 3. The van der Waals surface area contributed by atoms with E-state index >= 15 is 0 Å². The molecule has 1 aliphatic rings. The van der Waals surface area contributed by atoms with E-state index in [0.717, 1.165) is 29.2 Å². The van der Waals surface area contributed by atoms with E-state index in [-0.39, 0.29) is 11.2 Å². The Morgan fingerprint density at radius 3 is 2.73 bits per heavy atom. The molecule has 1 fully saturated rings. The average Bonchev–Trinajstić information content (AvgIpc) is 2.38. The summed E-state index contributed by atoms with van der Waals surface area (Å²) in [6.45, 7) is 7.00. The van der Waals surface area contributed by atoms with Crippen LogP contribution in [0.15, 0.2) is 33.9 Å². The van der Waals surface area contributed by atoms with Gasteiger partial charge in [0.25, 0.3) is 5.56 Å². The highest BCUT2D eigenvalue weighted by Gasteiger charge is 2.33. The molecule has 0 N–H and O–H groups in total. The third-order valence-electron chi connectivity index (χ3n) is 4.02. The number of fused-ring (bicyclic) bond motifs is 1. The minimum absolute atomic E-state index is 0.0338. The smallest absolute Gasteiger partial charge is 0.260 e. The summed E-state index contributed by atoms with van der Waals surface area (Å²) < 4.78 is 8.61. The molecule has 3 rings (SSSR count). The third kappa shape index (κ3) is 3.25. The van der Waals surface area contributed by atoms with Crippen molar-refractivity contribution in [3.63, 3.8) is 0 Å². The minimum Gasteiger partial charge on any atom is -0.373 e. The summed E-state index contributed by atoms with van der Waals surface area (Å²) in [5.41, 5.74) is -0.0561. The van der Waals surface area contributed by atoms with Crippen LogP contribution in [0.2, 0.25) is 0 Å². The molecular weight excluding hydrogens is 344 g/mol. The van der Waals surface area contributed by atoms with Gasteiger partial charge in [0.2, 0.25) is 0 Å². The Morgan fingerprint density at radius 1 is 1.32 bits per heavy atom. The molecule has 22 heavy (non-hydrogen) atoms. The van der Waals surface area contributed by atoms with Crippen LogP contribution >= 0.6 is 15.9 Å². The number of hydrogen-bond donors (Lipinski definition) is 0. The first-order chi connectivity index (χ1) is 10.3. The van der Waals surface area contributed by atoms with Crippen LogP contribution in [0.1, 0.15) is 33.6 Å². The fraction of sp³-hybridized carbons (Fsp3) is 0.529. The zero-order chi connectivity index (χ0) is 15.9. The lowest BCUT2D eigenvalue weighted by Gasteiger charge is -2.39. The van der Waals surface area contributed by atoms with E-state index in [2.05, 4.69) is 41.7 Å². The van der Waals surface area contributed by atoms with Gasteiger partial charge in [-0.15, -0.1) is 0 Å². The summed E-state index contributed by atoms with van der Waals surface area (Å²) in [5.74, 6) is 0.516. The highest BCUT2D eigenvalue weighted by Crippen LogP contribution is 2.34. The molecule has 0 amide bonds. The Kier molecular flexibility index (Phi) is 4.12. The molecule has 118 valence electrons. The molecule has 0 aromatic carbocycles. The van der Waals surface area contributed by atoms with Crippen LogP contribution in [0.3, 0.4) is 0 Å². The fourth-order valence-corrected chi connectivity index (χ4v) is 3.48. The molecule has 0 bridgehead atoms. The molecule has 2 aromatic rings. The van der Waals surface area contributed by atoms with Crippen molar-refractivity contribution in [2.75, 3.05) is 0 Å². The van der Waals surface area contributed by atoms with Gasteiger partial charge in [0.05, 0.1) is 17.1 Å².